The number of carbonyl (C=O) groups is 3. The van der Waals surface area contributed by atoms with Crippen LogP contribution in [0.5, 0.6) is 0 Å². The number of rotatable bonds is 48. The van der Waals surface area contributed by atoms with Gasteiger partial charge in [0, 0.05) is 12.8 Å². The van der Waals surface area contributed by atoms with Gasteiger partial charge in [0.25, 0.3) is 0 Å². The van der Waals surface area contributed by atoms with E-state index in [1.165, 1.54) is 154 Å². The monoisotopic (exact) mass is 900 g/mol. The summed E-state index contributed by atoms with van der Waals surface area (Å²) in [6.07, 6.45) is 49.1. The number of allylic oxidation sites excluding steroid dienone is 4. The van der Waals surface area contributed by atoms with Gasteiger partial charge in [-0.3, -0.25) is 18.6 Å². The number of carboxylic acids is 1. The summed E-state index contributed by atoms with van der Waals surface area (Å²) in [5, 5.41) is 21.9. The van der Waals surface area contributed by atoms with Crippen molar-refractivity contribution < 1.29 is 47.8 Å². The molecular formula is C50H94NO10P. The van der Waals surface area contributed by atoms with E-state index in [1.807, 2.05) is 0 Å². The van der Waals surface area contributed by atoms with Gasteiger partial charge in [-0.2, -0.15) is 0 Å². The van der Waals surface area contributed by atoms with Crippen LogP contribution in [0.4, 0.5) is 0 Å². The van der Waals surface area contributed by atoms with Crippen molar-refractivity contribution in [3.8, 4) is 0 Å². The highest BCUT2D eigenvalue weighted by Gasteiger charge is 2.28. The summed E-state index contributed by atoms with van der Waals surface area (Å²) in [4.78, 5) is 46.1. The molecule has 1 amide bonds. The highest BCUT2D eigenvalue weighted by molar-refractivity contribution is 7.47. The van der Waals surface area contributed by atoms with Crippen LogP contribution in [-0.2, 0) is 32.7 Å². The van der Waals surface area contributed by atoms with E-state index in [0.29, 0.717) is 12.8 Å². The smallest absolute Gasteiger partial charge is 0.472 e. The maximum Gasteiger partial charge on any atom is 0.472 e. The van der Waals surface area contributed by atoms with Gasteiger partial charge in [-0.25, -0.2) is 9.36 Å². The second-order valence-electron chi connectivity index (χ2n) is 17.4. The SMILES string of the molecule is CCCCC/C=C\C/C=C\CCCCCCCCCC(=O)OCC(O)COP(=O)(O)OCC(NC(=O)CCCCCCCCCCCCCCCCCCCCCCC)C(=O)O. The Hall–Kier alpha value is -2.04. The number of ether oxygens (including phenoxy) is 1. The molecule has 0 aromatic heterocycles. The Morgan fingerprint density at radius 2 is 0.887 bits per heavy atom. The molecule has 0 heterocycles. The van der Waals surface area contributed by atoms with Crippen LogP contribution in [0.1, 0.15) is 245 Å². The molecule has 0 aliphatic heterocycles. The van der Waals surface area contributed by atoms with Gasteiger partial charge in [0.05, 0.1) is 13.2 Å². The standard InChI is InChI=1S/C50H94NO10P/c1-3-5-7-9-11-13-15-17-19-21-22-23-24-26-27-29-31-33-35-37-39-41-48(53)51-47(50(55)56)45-61-62(57,58)60-44-46(52)43-59-49(54)42-40-38-36-34-32-30-28-25-20-18-16-14-12-10-8-6-4-2/h12,14,18,20,46-47,52H,3-11,13,15-17,19,21-45H2,1-2H3,(H,51,53)(H,55,56)(H,57,58)/b14-12-,20-18-. The molecule has 11 nitrogen and oxygen atoms in total. The molecule has 0 aliphatic carbocycles. The highest BCUT2D eigenvalue weighted by atomic mass is 31.2. The van der Waals surface area contributed by atoms with E-state index in [4.69, 9.17) is 13.8 Å². The Labute approximate surface area is 379 Å². The van der Waals surface area contributed by atoms with Crippen LogP contribution in [0.3, 0.4) is 0 Å². The lowest BCUT2D eigenvalue weighted by atomic mass is 10.0. The number of amides is 1. The summed E-state index contributed by atoms with van der Waals surface area (Å²) in [5.74, 6) is -2.36. The number of hydrogen-bond donors (Lipinski definition) is 4. The molecule has 62 heavy (non-hydrogen) atoms. The van der Waals surface area contributed by atoms with E-state index in [1.54, 1.807) is 0 Å². The maximum absolute atomic E-state index is 12.4. The normalized spacial score (nSPS) is 13.7. The van der Waals surface area contributed by atoms with Crippen molar-refractivity contribution in [3.63, 3.8) is 0 Å². The Balaban J connectivity index is 3.82. The molecule has 0 fully saturated rings. The van der Waals surface area contributed by atoms with Gasteiger partial charge in [-0.15, -0.1) is 0 Å². The fraction of sp³-hybridized carbons (Fsp3) is 0.860. The average molecular weight is 900 g/mol. The lowest BCUT2D eigenvalue weighted by molar-refractivity contribution is -0.147. The van der Waals surface area contributed by atoms with Crippen LogP contribution in [0.25, 0.3) is 0 Å². The summed E-state index contributed by atoms with van der Waals surface area (Å²) < 4.78 is 26.9. The van der Waals surface area contributed by atoms with Gasteiger partial charge in [0.2, 0.25) is 5.91 Å². The Bertz CT molecular complexity index is 1150. The number of nitrogens with one attached hydrogen (secondary N) is 1. The number of carbonyl (C=O) groups excluding carboxylic acids is 2. The van der Waals surface area contributed by atoms with Gasteiger partial charge in [-0.1, -0.05) is 212 Å². The minimum absolute atomic E-state index is 0.150. The molecule has 0 saturated carbocycles. The third-order valence-electron chi connectivity index (χ3n) is 11.2. The molecule has 3 unspecified atom stereocenters. The topological polar surface area (TPSA) is 169 Å². The molecule has 0 rings (SSSR count). The van der Waals surface area contributed by atoms with E-state index in [0.717, 1.165) is 51.4 Å². The van der Waals surface area contributed by atoms with Gasteiger partial charge in [-0.05, 0) is 44.9 Å². The molecule has 0 radical (unpaired) electrons. The molecule has 12 heteroatoms. The van der Waals surface area contributed by atoms with Crippen molar-refractivity contribution in [1.82, 2.24) is 5.32 Å². The van der Waals surface area contributed by atoms with Crippen molar-refractivity contribution in [2.75, 3.05) is 19.8 Å². The van der Waals surface area contributed by atoms with Crippen molar-refractivity contribution in [2.24, 2.45) is 0 Å². The second-order valence-corrected chi connectivity index (χ2v) is 18.8. The zero-order valence-electron chi connectivity index (χ0n) is 39.7. The highest BCUT2D eigenvalue weighted by Crippen LogP contribution is 2.43. The van der Waals surface area contributed by atoms with Crippen molar-refractivity contribution >= 4 is 25.7 Å². The number of aliphatic hydroxyl groups excluding tert-OH is 1. The minimum Gasteiger partial charge on any atom is -0.480 e. The number of aliphatic hydroxyl groups is 1. The Morgan fingerprint density at radius 3 is 1.34 bits per heavy atom. The van der Waals surface area contributed by atoms with E-state index in [-0.39, 0.29) is 12.8 Å². The largest absolute Gasteiger partial charge is 0.480 e. The van der Waals surface area contributed by atoms with Crippen LogP contribution < -0.4 is 5.32 Å². The third-order valence-corrected chi connectivity index (χ3v) is 12.2. The molecule has 0 spiro atoms. The molecule has 0 saturated heterocycles. The lowest BCUT2D eigenvalue weighted by Crippen LogP contribution is -2.43. The molecule has 4 N–H and O–H groups in total. The molecule has 0 aromatic rings. The number of phosphoric ester groups is 1. The van der Waals surface area contributed by atoms with Crippen LogP contribution in [0.15, 0.2) is 24.3 Å². The van der Waals surface area contributed by atoms with E-state index >= 15 is 0 Å². The molecule has 3 atom stereocenters. The fourth-order valence-electron chi connectivity index (χ4n) is 7.29. The minimum atomic E-state index is -4.76. The van der Waals surface area contributed by atoms with Gasteiger partial charge in [0.15, 0.2) is 6.04 Å². The summed E-state index contributed by atoms with van der Waals surface area (Å²) >= 11 is 0. The zero-order chi connectivity index (χ0) is 45.6. The second kappa shape index (κ2) is 45.5. The van der Waals surface area contributed by atoms with Crippen LogP contribution in [0.2, 0.25) is 0 Å². The predicted octanol–water partition coefficient (Wildman–Crippen LogP) is 13.8. The number of esters is 1. The van der Waals surface area contributed by atoms with Crippen molar-refractivity contribution in [1.29, 1.82) is 0 Å². The van der Waals surface area contributed by atoms with Gasteiger partial charge < -0.3 is 25.2 Å². The maximum atomic E-state index is 12.4. The number of hydrogen-bond acceptors (Lipinski definition) is 8. The first kappa shape index (κ1) is 60.0. The first-order chi connectivity index (χ1) is 30.1. The quantitative estimate of drug-likeness (QED) is 0.0200. The zero-order valence-corrected chi connectivity index (χ0v) is 40.6. The van der Waals surface area contributed by atoms with Crippen molar-refractivity contribution in [2.45, 2.75) is 257 Å². The van der Waals surface area contributed by atoms with E-state index in [2.05, 4.69) is 43.5 Å². The van der Waals surface area contributed by atoms with Crippen molar-refractivity contribution in [3.05, 3.63) is 24.3 Å². The summed E-state index contributed by atoms with van der Waals surface area (Å²) in [7, 11) is -4.76. The lowest BCUT2D eigenvalue weighted by Gasteiger charge is -2.18. The average Bonchev–Trinajstić information content (AvgIpc) is 3.25. The molecule has 0 bridgehead atoms. The summed E-state index contributed by atoms with van der Waals surface area (Å²) in [5.41, 5.74) is 0. The Morgan fingerprint density at radius 1 is 0.516 bits per heavy atom. The van der Waals surface area contributed by atoms with Crippen LogP contribution in [-0.4, -0.2) is 64.9 Å². The molecule has 364 valence electrons. The summed E-state index contributed by atoms with van der Waals surface area (Å²) in [6.45, 7) is 2.60. The number of unbranched alkanes of at least 4 members (excludes halogenated alkanes) is 30. The third kappa shape index (κ3) is 44.6. The van der Waals surface area contributed by atoms with Crippen LogP contribution >= 0.6 is 7.82 Å². The molecular weight excluding hydrogens is 806 g/mol. The number of aliphatic carboxylic acids is 1. The Kier molecular flexibility index (Phi) is 44.0. The van der Waals surface area contributed by atoms with Gasteiger partial charge in [0.1, 0.15) is 12.7 Å². The molecule has 0 aliphatic rings. The first-order valence-electron chi connectivity index (χ1n) is 25.4. The van der Waals surface area contributed by atoms with E-state index in [9.17, 15) is 34.1 Å². The summed E-state index contributed by atoms with van der Waals surface area (Å²) in [6, 6.07) is -1.54. The van der Waals surface area contributed by atoms with Gasteiger partial charge >= 0.3 is 19.8 Å². The first-order valence-corrected chi connectivity index (χ1v) is 26.9. The predicted molar refractivity (Wildman–Crippen MR) is 254 cm³/mol. The van der Waals surface area contributed by atoms with E-state index < -0.39 is 57.6 Å². The molecule has 0 aromatic carbocycles. The van der Waals surface area contributed by atoms with Crippen LogP contribution in [0, 0.1) is 0 Å². The fourth-order valence-corrected chi connectivity index (χ4v) is 8.06. The number of phosphoric acid groups is 1. The number of carboxylic acid groups (broad SMARTS) is 1.